The molecule has 1 aliphatic rings. The molecule has 0 atom stereocenters. The van der Waals surface area contributed by atoms with Gasteiger partial charge in [0.25, 0.3) is 0 Å². The molecule has 0 heterocycles. The molecule has 5 heteroatoms. The van der Waals surface area contributed by atoms with E-state index in [-0.39, 0.29) is 15.1 Å². The van der Waals surface area contributed by atoms with Crippen LogP contribution < -0.4 is 0 Å². The summed E-state index contributed by atoms with van der Waals surface area (Å²) in [5.74, 6) is 0. The monoisotopic (exact) mass is 326 g/mol. The van der Waals surface area contributed by atoms with E-state index in [1.54, 1.807) is 0 Å². The van der Waals surface area contributed by atoms with Crippen molar-refractivity contribution in [3.8, 4) is 0 Å². The summed E-state index contributed by atoms with van der Waals surface area (Å²) >= 11 is 30.2. The molecule has 17 heavy (non-hydrogen) atoms. The van der Waals surface area contributed by atoms with Gasteiger partial charge in [0.05, 0.1) is 25.1 Å². The number of hydrogen-bond donors (Lipinski definition) is 0. The van der Waals surface area contributed by atoms with Gasteiger partial charge in [0.1, 0.15) is 0 Å². The lowest BCUT2D eigenvalue weighted by Gasteiger charge is -2.12. The minimum atomic E-state index is 0.200. The van der Waals surface area contributed by atoms with Crippen molar-refractivity contribution in [1.29, 1.82) is 0 Å². The van der Waals surface area contributed by atoms with Crippen molar-refractivity contribution >= 4 is 58.0 Å². The van der Waals surface area contributed by atoms with Crippen molar-refractivity contribution < 1.29 is 0 Å². The fourth-order valence-electron chi connectivity index (χ4n) is 1.66. The smallest absolute Gasteiger partial charge is 0.0809 e. The van der Waals surface area contributed by atoms with Gasteiger partial charge < -0.3 is 0 Å². The van der Waals surface area contributed by atoms with Crippen LogP contribution in [-0.4, -0.2) is 0 Å². The van der Waals surface area contributed by atoms with Gasteiger partial charge in [-0.1, -0.05) is 81.8 Å². The van der Waals surface area contributed by atoms with Crippen molar-refractivity contribution in [2.45, 2.75) is 12.8 Å². The minimum absolute atomic E-state index is 0.200. The van der Waals surface area contributed by atoms with Crippen LogP contribution in [-0.2, 0) is 6.42 Å². The molecule has 1 aromatic carbocycles. The topological polar surface area (TPSA) is 0 Å². The largest absolute Gasteiger partial charge is 0.0823 e. The Bertz CT molecular complexity index is 499. The highest BCUT2D eigenvalue weighted by Gasteiger charge is 2.19. The van der Waals surface area contributed by atoms with Crippen LogP contribution in [0.2, 0.25) is 25.1 Å². The van der Waals surface area contributed by atoms with E-state index in [2.05, 4.69) is 6.08 Å². The van der Waals surface area contributed by atoms with E-state index in [0.29, 0.717) is 16.5 Å². The van der Waals surface area contributed by atoms with Gasteiger partial charge in [0.2, 0.25) is 0 Å². The van der Waals surface area contributed by atoms with E-state index in [9.17, 15) is 0 Å². The lowest BCUT2D eigenvalue weighted by Crippen LogP contribution is -1.94. The van der Waals surface area contributed by atoms with Crippen LogP contribution in [0.5, 0.6) is 0 Å². The number of rotatable bonds is 2. The maximum Gasteiger partial charge on any atom is 0.0809 e. The Hall–Kier alpha value is 0.150. The van der Waals surface area contributed by atoms with Gasteiger partial charge >= 0.3 is 0 Å². The van der Waals surface area contributed by atoms with Crippen molar-refractivity contribution in [3.05, 3.63) is 54.5 Å². The normalized spacial score (nSPS) is 14.3. The predicted molar refractivity (Wildman–Crippen MR) is 77.0 cm³/mol. The average Bonchev–Trinajstić information content (AvgIpc) is 2.82. The molecule has 0 fully saturated rings. The van der Waals surface area contributed by atoms with Crippen molar-refractivity contribution in [3.63, 3.8) is 0 Å². The third-order valence-electron chi connectivity index (χ3n) is 2.55. The molecule has 0 N–H and O–H groups in total. The van der Waals surface area contributed by atoms with E-state index in [1.807, 2.05) is 12.2 Å². The summed E-state index contributed by atoms with van der Waals surface area (Å²) < 4.78 is 0. The van der Waals surface area contributed by atoms with Gasteiger partial charge in [0.15, 0.2) is 0 Å². The molecule has 0 radical (unpaired) electrons. The second-order valence-electron chi connectivity index (χ2n) is 3.68. The molecule has 0 bridgehead atoms. The molecule has 0 nitrogen and oxygen atoms in total. The molecule has 0 saturated carbocycles. The fourth-order valence-corrected chi connectivity index (χ4v) is 2.97. The first-order chi connectivity index (χ1) is 8.02. The quantitative estimate of drug-likeness (QED) is 0.436. The summed E-state index contributed by atoms with van der Waals surface area (Å²) in [5.41, 5.74) is 1.94. The highest BCUT2D eigenvalue weighted by Crippen LogP contribution is 2.44. The molecular weight excluding hydrogens is 321 g/mol. The van der Waals surface area contributed by atoms with Gasteiger partial charge in [-0.05, 0) is 18.4 Å². The zero-order chi connectivity index (χ0) is 12.6. The van der Waals surface area contributed by atoms with E-state index >= 15 is 0 Å². The third-order valence-corrected chi connectivity index (χ3v) is 4.91. The highest BCUT2D eigenvalue weighted by atomic mass is 35.5. The second-order valence-corrected chi connectivity index (χ2v) is 5.57. The Labute approximate surface area is 125 Å². The van der Waals surface area contributed by atoms with Crippen LogP contribution in [0, 0.1) is 0 Å². The fraction of sp³-hybridized carbons (Fsp3) is 0.167. The Balaban J connectivity index is 2.46. The molecule has 0 unspecified atom stereocenters. The second kappa shape index (κ2) is 5.42. The summed E-state index contributed by atoms with van der Waals surface area (Å²) in [7, 11) is 0. The molecule has 1 aromatic rings. The molecule has 90 valence electrons. The highest BCUT2D eigenvalue weighted by molar-refractivity contribution is 6.55. The van der Waals surface area contributed by atoms with Gasteiger partial charge in [-0.2, -0.15) is 0 Å². The van der Waals surface area contributed by atoms with Crippen molar-refractivity contribution in [1.82, 2.24) is 0 Å². The van der Waals surface area contributed by atoms with E-state index in [0.717, 1.165) is 12.0 Å². The molecule has 1 aliphatic carbocycles. The van der Waals surface area contributed by atoms with Crippen molar-refractivity contribution in [2.75, 3.05) is 0 Å². The molecule has 0 amide bonds. The first-order valence-corrected chi connectivity index (χ1v) is 6.76. The third kappa shape index (κ3) is 2.62. The SMILES string of the molecule is Clc1c(Cl)c(Cl)c(CC2=CC=CC2)c(Cl)c1Cl. The molecule has 0 aromatic heterocycles. The van der Waals surface area contributed by atoms with E-state index < -0.39 is 0 Å². The van der Waals surface area contributed by atoms with Gasteiger partial charge in [-0.3, -0.25) is 0 Å². The zero-order valence-corrected chi connectivity index (χ0v) is 12.3. The molecule has 0 aliphatic heterocycles. The van der Waals surface area contributed by atoms with Crippen LogP contribution in [0.4, 0.5) is 0 Å². The molecule has 2 rings (SSSR count). The van der Waals surface area contributed by atoms with Crippen LogP contribution in [0.1, 0.15) is 12.0 Å². The van der Waals surface area contributed by atoms with Gasteiger partial charge in [-0.15, -0.1) is 0 Å². The van der Waals surface area contributed by atoms with E-state index in [1.165, 1.54) is 5.57 Å². The maximum absolute atomic E-state index is 6.15. The summed E-state index contributed by atoms with van der Waals surface area (Å²) in [6.45, 7) is 0. The molecule has 0 saturated heterocycles. The molecule has 0 spiro atoms. The standard InChI is InChI=1S/C12H7Cl5/c13-8-7(5-6-3-1-2-4-6)9(14)11(16)12(17)10(8)15/h1-3H,4-5H2. The Morgan fingerprint density at radius 3 is 1.82 bits per heavy atom. The minimum Gasteiger partial charge on any atom is -0.0823 e. The van der Waals surface area contributed by atoms with Gasteiger partial charge in [-0.25, -0.2) is 0 Å². The summed E-state index contributed by atoms with van der Waals surface area (Å²) in [6, 6.07) is 0. The Morgan fingerprint density at radius 1 is 0.824 bits per heavy atom. The molecular formula is C12H7Cl5. The Kier molecular flexibility index (Phi) is 4.33. The van der Waals surface area contributed by atoms with Crippen molar-refractivity contribution in [2.24, 2.45) is 0 Å². The van der Waals surface area contributed by atoms with Gasteiger partial charge in [0, 0.05) is 0 Å². The lowest BCUT2D eigenvalue weighted by atomic mass is 10.0. The van der Waals surface area contributed by atoms with Crippen LogP contribution in [0.3, 0.4) is 0 Å². The number of benzene rings is 1. The van der Waals surface area contributed by atoms with Crippen LogP contribution in [0.15, 0.2) is 23.8 Å². The lowest BCUT2D eigenvalue weighted by molar-refractivity contribution is 1.09. The predicted octanol–water partition coefficient (Wildman–Crippen LogP) is 6.38. The summed E-state index contributed by atoms with van der Waals surface area (Å²) in [6.07, 6.45) is 7.61. The number of allylic oxidation sites excluding steroid dienone is 4. The summed E-state index contributed by atoms with van der Waals surface area (Å²) in [4.78, 5) is 0. The zero-order valence-electron chi connectivity index (χ0n) is 8.54. The van der Waals surface area contributed by atoms with Crippen LogP contribution >= 0.6 is 58.0 Å². The summed E-state index contributed by atoms with van der Waals surface area (Å²) in [5, 5.41) is 1.46. The first kappa shape index (κ1) is 13.6. The number of halogens is 5. The van der Waals surface area contributed by atoms with Crippen LogP contribution in [0.25, 0.3) is 0 Å². The Morgan fingerprint density at radius 2 is 1.35 bits per heavy atom. The number of hydrogen-bond acceptors (Lipinski definition) is 0. The maximum atomic E-state index is 6.15. The average molecular weight is 328 g/mol. The first-order valence-electron chi connectivity index (χ1n) is 4.87. The van der Waals surface area contributed by atoms with E-state index in [4.69, 9.17) is 58.0 Å².